The van der Waals surface area contributed by atoms with Crippen molar-refractivity contribution in [1.29, 1.82) is 0 Å². The van der Waals surface area contributed by atoms with E-state index in [1.807, 2.05) is 66.9 Å². The first-order valence-corrected chi connectivity index (χ1v) is 10.0. The molecule has 0 aromatic heterocycles. The van der Waals surface area contributed by atoms with Gasteiger partial charge in [-0.1, -0.05) is 64.5 Å². The summed E-state index contributed by atoms with van der Waals surface area (Å²) in [5, 5.41) is 2.90. The average molecular weight is 449 g/mol. The fourth-order valence-electron chi connectivity index (χ4n) is 3.35. The molecule has 1 aliphatic heterocycles. The molecule has 5 nitrogen and oxygen atoms in total. The van der Waals surface area contributed by atoms with Gasteiger partial charge in [-0.05, 0) is 36.4 Å². The van der Waals surface area contributed by atoms with Crippen LogP contribution in [0.4, 0.5) is 0 Å². The number of amides is 2. The Kier molecular flexibility index (Phi) is 5.53. The van der Waals surface area contributed by atoms with Crippen LogP contribution < -0.4 is 10.7 Å². The third-order valence-corrected chi connectivity index (χ3v) is 5.29. The smallest absolute Gasteiger partial charge is 0.304 e. The Morgan fingerprint density at radius 2 is 1.55 bits per heavy atom. The number of rotatable bonds is 4. The maximum Gasteiger partial charge on any atom is 0.304 e. The minimum absolute atomic E-state index is 0.253. The van der Waals surface area contributed by atoms with Crippen molar-refractivity contribution >= 4 is 34.0 Å². The quantitative estimate of drug-likeness (QED) is 0.600. The normalized spacial score (nSPS) is 19.8. The van der Waals surface area contributed by atoms with Gasteiger partial charge in [0.15, 0.2) is 6.04 Å². The van der Waals surface area contributed by atoms with Crippen LogP contribution >= 0.6 is 15.9 Å². The van der Waals surface area contributed by atoms with E-state index in [0.717, 1.165) is 15.6 Å². The summed E-state index contributed by atoms with van der Waals surface area (Å²) in [6.07, 6.45) is 1.87. The van der Waals surface area contributed by atoms with Crippen molar-refractivity contribution in [2.45, 2.75) is 12.1 Å². The van der Waals surface area contributed by atoms with E-state index in [4.69, 9.17) is 0 Å². The fourth-order valence-corrected chi connectivity index (χ4v) is 3.62. The highest BCUT2D eigenvalue weighted by Crippen LogP contribution is 2.25. The van der Waals surface area contributed by atoms with E-state index in [2.05, 4.69) is 26.7 Å². The van der Waals surface area contributed by atoms with Crippen LogP contribution in [0, 0.1) is 0 Å². The number of nitrogens with zero attached hydrogens (tertiary/aromatic N) is 1. The van der Waals surface area contributed by atoms with Gasteiger partial charge in [0.1, 0.15) is 0 Å². The summed E-state index contributed by atoms with van der Waals surface area (Å²) in [5.74, 6) is -0.534. The molecule has 0 saturated carbocycles. The molecule has 2 atom stereocenters. The largest absolute Gasteiger partial charge is 0.334 e. The molecular formula is C23H19BrN3O2+. The molecular weight excluding hydrogens is 430 g/mol. The lowest BCUT2D eigenvalue weighted by atomic mass is 10.00. The predicted molar refractivity (Wildman–Crippen MR) is 115 cm³/mol. The molecule has 2 N–H and O–H groups in total. The monoisotopic (exact) mass is 448 g/mol. The molecule has 6 heteroatoms. The van der Waals surface area contributed by atoms with E-state index in [-0.39, 0.29) is 17.9 Å². The summed E-state index contributed by atoms with van der Waals surface area (Å²) in [7, 11) is 0. The first kappa shape index (κ1) is 19.1. The Bertz CT molecular complexity index is 1050. The number of hydrogen-bond acceptors (Lipinski definition) is 2. The number of carbonyl (C=O) groups is 2. The molecule has 3 aromatic carbocycles. The molecule has 0 spiro atoms. The Morgan fingerprint density at radius 1 is 0.931 bits per heavy atom. The van der Waals surface area contributed by atoms with Crippen molar-refractivity contribution in [3.05, 3.63) is 106 Å². The van der Waals surface area contributed by atoms with Gasteiger partial charge in [-0.3, -0.25) is 9.59 Å². The third kappa shape index (κ3) is 4.27. The van der Waals surface area contributed by atoms with Crippen LogP contribution in [0.5, 0.6) is 0 Å². The molecule has 29 heavy (non-hydrogen) atoms. The Morgan fingerprint density at radius 3 is 2.21 bits per heavy atom. The van der Waals surface area contributed by atoms with E-state index in [1.165, 1.54) is 0 Å². The third-order valence-electron chi connectivity index (χ3n) is 4.76. The molecule has 1 fully saturated rings. The van der Waals surface area contributed by atoms with Crippen LogP contribution in [0.15, 0.2) is 89.4 Å². The van der Waals surface area contributed by atoms with Gasteiger partial charge < -0.3 is 5.32 Å². The zero-order chi connectivity index (χ0) is 20.2. The van der Waals surface area contributed by atoms with Crippen molar-refractivity contribution in [1.82, 2.24) is 10.7 Å². The number of carbonyl (C=O) groups excluding carboxylic acids is 2. The Balaban J connectivity index is 1.69. The average Bonchev–Trinajstić information content (AvgIpc) is 3.05. The fraction of sp³-hybridized carbons (Fsp3) is 0.0870. The second-order valence-electron chi connectivity index (χ2n) is 6.74. The van der Waals surface area contributed by atoms with Crippen LogP contribution in [0.25, 0.3) is 0 Å². The van der Waals surface area contributed by atoms with Crippen molar-refractivity contribution < 1.29 is 14.3 Å². The standard InChI is InChI=1S/C23H18BrN3O2/c24-19-13-11-16(12-14-19)15-27-21(17-7-3-1-4-8-17)20(23(29)26-27)25-22(28)18-9-5-2-6-10-18/h1-15,20-21H,(H-,25,26,28,29)/p+1/b27-15-/t20-,21+/m1/s1. The molecule has 0 aliphatic carbocycles. The molecule has 1 aliphatic rings. The van der Waals surface area contributed by atoms with Crippen LogP contribution in [0.2, 0.25) is 0 Å². The zero-order valence-electron chi connectivity index (χ0n) is 15.5. The molecule has 1 saturated heterocycles. The zero-order valence-corrected chi connectivity index (χ0v) is 17.0. The lowest BCUT2D eigenvalue weighted by molar-refractivity contribution is -0.596. The second kappa shape index (κ2) is 8.41. The van der Waals surface area contributed by atoms with E-state index < -0.39 is 6.04 Å². The van der Waals surface area contributed by atoms with Gasteiger partial charge in [-0.2, -0.15) is 0 Å². The molecule has 0 unspecified atom stereocenters. The first-order valence-electron chi connectivity index (χ1n) is 9.22. The summed E-state index contributed by atoms with van der Waals surface area (Å²) in [6, 6.07) is 25.3. The van der Waals surface area contributed by atoms with E-state index in [0.29, 0.717) is 5.56 Å². The topological polar surface area (TPSA) is 61.2 Å². The Hall–Kier alpha value is -3.25. The van der Waals surface area contributed by atoms with Crippen molar-refractivity contribution in [3.8, 4) is 0 Å². The SMILES string of the molecule is O=C(N[C@H]1C(=O)N/[N+](=C\c2ccc(Br)cc2)[C@H]1c1ccccc1)c1ccccc1. The van der Waals surface area contributed by atoms with Gasteiger partial charge in [0.05, 0.1) is 0 Å². The predicted octanol–water partition coefficient (Wildman–Crippen LogP) is 3.47. The minimum Gasteiger partial charge on any atom is -0.334 e. The van der Waals surface area contributed by atoms with Crippen molar-refractivity contribution in [3.63, 3.8) is 0 Å². The second-order valence-corrected chi connectivity index (χ2v) is 7.65. The maximum atomic E-state index is 12.8. The lowest BCUT2D eigenvalue weighted by Gasteiger charge is -2.14. The maximum absolute atomic E-state index is 12.8. The summed E-state index contributed by atoms with van der Waals surface area (Å²) >= 11 is 3.43. The first-order chi connectivity index (χ1) is 14.1. The lowest BCUT2D eigenvalue weighted by Crippen LogP contribution is -2.42. The molecule has 2 amide bonds. The summed E-state index contributed by atoms with van der Waals surface area (Å²) in [5.41, 5.74) is 5.26. The highest BCUT2D eigenvalue weighted by Gasteiger charge is 2.47. The summed E-state index contributed by atoms with van der Waals surface area (Å²) < 4.78 is 2.74. The number of hydrazone groups is 1. The number of halogens is 1. The van der Waals surface area contributed by atoms with Gasteiger partial charge in [-0.15, -0.1) is 10.1 Å². The van der Waals surface area contributed by atoms with Gasteiger partial charge >= 0.3 is 5.91 Å². The molecule has 4 rings (SSSR count). The summed E-state index contributed by atoms with van der Waals surface area (Å²) in [4.78, 5) is 25.5. The van der Waals surface area contributed by atoms with Gasteiger partial charge in [0.25, 0.3) is 5.91 Å². The van der Waals surface area contributed by atoms with Gasteiger partial charge in [0, 0.05) is 21.2 Å². The van der Waals surface area contributed by atoms with E-state index >= 15 is 0 Å². The number of hydrogen-bond donors (Lipinski definition) is 2. The highest BCUT2D eigenvalue weighted by molar-refractivity contribution is 9.10. The number of hydrazine groups is 1. The molecule has 1 heterocycles. The molecule has 3 aromatic rings. The number of nitrogens with one attached hydrogen (secondary N) is 2. The molecule has 144 valence electrons. The van der Waals surface area contributed by atoms with E-state index in [1.54, 1.807) is 28.9 Å². The van der Waals surface area contributed by atoms with Crippen LogP contribution in [-0.4, -0.2) is 28.8 Å². The van der Waals surface area contributed by atoms with Crippen LogP contribution in [-0.2, 0) is 4.79 Å². The van der Waals surface area contributed by atoms with Crippen molar-refractivity contribution in [2.24, 2.45) is 0 Å². The Labute approximate surface area is 177 Å². The molecule has 0 radical (unpaired) electrons. The minimum atomic E-state index is -0.725. The van der Waals surface area contributed by atoms with Crippen LogP contribution in [0.1, 0.15) is 27.5 Å². The number of benzene rings is 3. The highest BCUT2D eigenvalue weighted by atomic mass is 79.9. The molecule has 0 bridgehead atoms. The van der Waals surface area contributed by atoms with Crippen molar-refractivity contribution in [2.75, 3.05) is 0 Å². The summed E-state index contributed by atoms with van der Waals surface area (Å²) in [6.45, 7) is 0. The van der Waals surface area contributed by atoms with Gasteiger partial charge in [0.2, 0.25) is 12.3 Å². The van der Waals surface area contributed by atoms with E-state index in [9.17, 15) is 9.59 Å². The van der Waals surface area contributed by atoms with Gasteiger partial charge in [-0.25, -0.2) is 0 Å². The van der Waals surface area contributed by atoms with Crippen LogP contribution in [0.3, 0.4) is 0 Å².